The fourth-order valence-electron chi connectivity index (χ4n) is 2.36. The summed E-state index contributed by atoms with van der Waals surface area (Å²) in [6, 6.07) is 8.00. The molecule has 0 amide bonds. The molecule has 1 heterocycles. The third kappa shape index (κ3) is 3.09. The van der Waals surface area contributed by atoms with Crippen LogP contribution in [-0.4, -0.2) is 20.6 Å². The summed E-state index contributed by atoms with van der Waals surface area (Å²) in [5.41, 5.74) is 2.10. The Morgan fingerprint density at radius 3 is 1.70 bits per heavy atom. The molecular formula is C15H22N2OS2. The first kappa shape index (κ1) is 15.6. The van der Waals surface area contributed by atoms with E-state index in [2.05, 4.69) is 39.1 Å². The number of imidazole rings is 1. The highest BCUT2D eigenvalue weighted by atomic mass is 32.1. The minimum atomic E-state index is 0.0773. The predicted octanol–water partition coefficient (Wildman–Crippen LogP) is 2.93. The second kappa shape index (κ2) is 6.76. The molecule has 0 bridgehead atoms. The van der Waals surface area contributed by atoms with Crippen LogP contribution in [0.5, 0.6) is 0 Å². The molecule has 110 valence electrons. The molecule has 2 aromatic rings. The summed E-state index contributed by atoms with van der Waals surface area (Å²) in [5.74, 6) is 2.30. The maximum Gasteiger partial charge on any atom is 0.329 e. The van der Waals surface area contributed by atoms with Crippen molar-refractivity contribution in [3.8, 4) is 0 Å². The van der Waals surface area contributed by atoms with Gasteiger partial charge in [-0.05, 0) is 35.5 Å². The van der Waals surface area contributed by atoms with Crippen LogP contribution in [0.2, 0.25) is 0 Å². The zero-order valence-electron chi connectivity index (χ0n) is 12.0. The van der Waals surface area contributed by atoms with Gasteiger partial charge in [-0.2, -0.15) is 25.3 Å². The molecule has 0 fully saturated rings. The molecule has 20 heavy (non-hydrogen) atoms. The Labute approximate surface area is 130 Å². The van der Waals surface area contributed by atoms with E-state index in [1.807, 2.05) is 33.4 Å². The number of rotatable bonds is 6. The molecule has 0 spiro atoms. The van der Waals surface area contributed by atoms with Crippen molar-refractivity contribution in [2.75, 3.05) is 11.5 Å². The summed E-state index contributed by atoms with van der Waals surface area (Å²) in [4.78, 5) is 12.7. The van der Waals surface area contributed by atoms with E-state index < -0.39 is 0 Å². The first-order valence-electron chi connectivity index (χ1n) is 6.98. The van der Waals surface area contributed by atoms with Crippen LogP contribution in [-0.2, 0) is 13.1 Å². The highest BCUT2D eigenvalue weighted by Crippen LogP contribution is 2.16. The Bertz CT molecular complexity index is 580. The molecule has 0 aliphatic heterocycles. The largest absolute Gasteiger partial charge is 0.329 e. The molecule has 2 atom stereocenters. The summed E-state index contributed by atoms with van der Waals surface area (Å²) in [6.07, 6.45) is 0. The minimum absolute atomic E-state index is 0.0773. The van der Waals surface area contributed by atoms with Gasteiger partial charge in [0.15, 0.2) is 0 Å². The maximum absolute atomic E-state index is 12.7. The lowest BCUT2D eigenvalue weighted by atomic mass is 10.2. The van der Waals surface area contributed by atoms with Crippen LogP contribution >= 0.6 is 25.3 Å². The molecule has 0 N–H and O–H groups in total. The smallest absolute Gasteiger partial charge is 0.292 e. The highest BCUT2D eigenvalue weighted by Gasteiger charge is 2.15. The van der Waals surface area contributed by atoms with Gasteiger partial charge >= 0.3 is 5.69 Å². The minimum Gasteiger partial charge on any atom is -0.292 e. The van der Waals surface area contributed by atoms with Crippen molar-refractivity contribution in [2.24, 2.45) is 11.8 Å². The second-order valence-electron chi connectivity index (χ2n) is 5.57. The number of nitrogens with zero attached hydrogens (tertiary/aromatic N) is 2. The van der Waals surface area contributed by atoms with Crippen molar-refractivity contribution >= 4 is 36.3 Å². The molecular weight excluding hydrogens is 288 g/mol. The van der Waals surface area contributed by atoms with Gasteiger partial charge in [-0.1, -0.05) is 26.0 Å². The standard InChI is InChI=1S/C15H22N2OS2/c1-11(9-19)7-16-13-5-3-4-6-14(13)17(15(16)18)8-12(2)10-20/h3-6,11-12,19-20H,7-10H2,1-2H3. The molecule has 3 nitrogen and oxygen atoms in total. The molecule has 0 saturated carbocycles. The molecule has 0 radical (unpaired) electrons. The van der Waals surface area contributed by atoms with Gasteiger partial charge in [0, 0.05) is 13.1 Å². The molecule has 2 unspecified atom stereocenters. The predicted molar refractivity (Wildman–Crippen MR) is 92.2 cm³/mol. The molecule has 5 heteroatoms. The van der Waals surface area contributed by atoms with Gasteiger partial charge in [-0.3, -0.25) is 9.13 Å². The van der Waals surface area contributed by atoms with E-state index in [1.165, 1.54) is 0 Å². The van der Waals surface area contributed by atoms with Gasteiger partial charge in [-0.25, -0.2) is 4.79 Å². The Morgan fingerprint density at radius 2 is 1.35 bits per heavy atom. The molecule has 1 aromatic heterocycles. The zero-order valence-corrected chi connectivity index (χ0v) is 13.8. The van der Waals surface area contributed by atoms with Gasteiger partial charge in [0.1, 0.15) is 0 Å². The average Bonchev–Trinajstić information content (AvgIpc) is 2.72. The van der Waals surface area contributed by atoms with Gasteiger partial charge in [-0.15, -0.1) is 0 Å². The Balaban J connectivity index is 2.52. The lowest BCUT2D eigenvalue weighted by molar-refractivity contribution is 0.489. The van der Waals surface area contributed by atoms with Crippen molar-refractivity contribution in [1.82, 2.24) is 9.13 Å². The van der Waals surface area contributed by atoms with Gasteiger partial charge in [0.25, 0.3) is 0 Å². The van der Waals surface area contributed by atoms with Crippen molar-refractivity contribution in [1.29, 1.82) is 0 Å². The van der Waals surface area contributed by atoms with Crippen molar-refractivity contribution in [3.05, 3.63) is 34.7 Å². The molecule has 2 rings (SSSR count). The molecule has 0 aliphatic rings. The number of fused-ring (bicyclic) bond motifs is 1. The Hall–Kier alpha value is -0.810. The second-order valence-corrected chi connectivity index (χ2v) is 6.30. The van der Waals surface area contributed by atoms with Crippen molar-refractivity contribution in [2.45, 2.75) is 26.9 Å². The Morgan fingerprint density at radius 1 is 0.950 bits per heavy atom. The lowest BCUT2D eigenvalue weighted by Crippen LogP contribution is -2.28. The molecule has 1 aromatic carbocycles. The van der Waals surface area contributed by atoms with E-state index in [-0.39, 0.29) is 5.69 Å². The number of hydrogen-bond acceptors (Lipinski definition) is 3. The lowest BCUT2D eigenvalue weighted by Gasteiger charge is -2.09. The molecule has 0 saturated heterocycles. The van der Waals surface area contributed by atoms with E-state index in [0.29, 0.717) is 24.9 Å². The van der Waals surface area contributed by atoms with E-state index in [1.54, 1.807) is 0 Å². The van der Waals surface area contributed by atoms with Crippen LogP contribution in [0.4, 0.5) is 0 Å². The fourth-order valence-corrected chi connectivity index (χ4v) is 2.60. The normalized spacial score (nSPS) is 14.6. The number of thiol groups is 2. The monoisotopic (exact) mass is 310 g/mol. The van der Waals surface area contributed by atoms with E-state index >= 15 is 0 Å². The highest BCUT2D eigenvalue weighted by molar-refractivity contribution is 7.80. The third-order valence-electron chi connectivity index (χ3n) is 3.54. The Kier molecular flexibility index (Phi) is 5.27. The summed E-state index contributed by atoms with van der Waals surface area (Å²) in [6.45, 7) is 5.65. The fraction of sp³-hybridized carbons (Fsp3) is 0.533. The third-order valence-corrected chi connectivity index (χ3v) is 4.78. The summed E-state index contributed by atoms with van der Waals surface area (Å²) in [7, 11) is 0. The number of aromatic nitrogens is 2. The van der Waals surface area contributed by atoms with E-state index in [4.69, 9.17) is 0 Å². The quantitative estimate of drug-likeness (QED) is 0.789. The maximum atomic E-state index is 12.7. The van der Waals surface area contributed by atoms with Crippen LogP contribution < -0.4 is 5.69 Å². The van der Waals surface area contributed by atoms with Crippen LogP contribution in [0.15, 0.2) is 29.1 Å². The van der Waals surface area contributed by atoms with Crippen molar-refractivity contribution < 1.29 is 0 Å². The van der Waals surface area contributed by atoms with Crippen LogP contribution in [0, 0.1) is 11.8 Å². The average molecular weight is 310 g/mol. The summed E-state index contributed by atoms with van der Waals surface area (Å²) in [5, 5.41) is 0. The van der Waals surface area contributed by atoms with Crippen molar-refractivity contribution in [3.63, 3.8) is 0 Å². The number of hydrogen-bond donors (Lipinski definition) is 2. The van der Waals surface area contributed by atoms with E-state index in [9.17, 15) is 4.79 Å². The first-order chi connectivity index (χ1) is 9.58. The zero-order chi connectivity index (χ0) is 14.7. The SMILES string of the molecule is CC(CS)Cn1c(=O)n(CC(C)CS)c2ccccc21. The van der Waals surface area contributed by atoms with E-state index in [0.717, 1.165) is 22.5 Å². The molecule has 0 aliphatic carbocycles. The summed E-state index contributed by atoms with van der Waals surface area (Å²) >= 11 is 8.64. The van der Waals surface area contributed by atoms with Gasteiger partial charge in [0.05, 0.1) is 11.0 Å². The number of benzene rings is 1. The van der Waals surface area contributed by atoms with Crippen LogP contribution in [0.3, 0.4) is 0 Å². The van der Waals surface area contributed by atoms with Gasteiger partial charge in [0.2, 0.25) is 0 Å². The number of para-hydroxylation sites is 2. The topological polar surface area (TPSA) is 26.9 Å². The first-order valence-corrected chi connectivity index (χ1v) is 8.24. The van der Waals surface area contributed by atoms with Crippen LogP contribution in [0.25, 0.3) is 11.0 Å². The summed E-state index contributed by atoms with van der Waals surface area (Å²) < 4.78 is 3.75. The van der Waals surface area contributed by atoms with Gasteiger partial charge < -0.3 is 0 Å². The van der Waals surface area contributed by atoms with Crippen LogP contribution in [0.1, 0.15) is 13.8 Å².